The van der Waals surface area contributed by atoms with E-state index in [-0.39, 0.29) is 30.1 Å². The van der Waals surface area contributed by atoms with Crippen LogP contribution in [-0.4, -0.2) is 40.5 Å². The topological polar surface area (TPSA) is 68.2 Å². The number of hydrogen-bond donors (Lipinski definition) is 2. The third kappa shape index (κ3) is 4.28. The molecule has 3 atom stereocenters. The van der Waals surface area contributed by atoms with E-state index in [1.807, 2.05) is 31.6 Å². The van der Waals surface area contributed by atoms with Crippen LogP contribution in [0.25, 0.3) is 0 Å². The van der Waals surface area contributed by atoms with E-state index < -0.39 is 0 Å². The molecule has 1 aliphatic rings. The largest absolute Gasteiger partial charge is 0.377 e. The van der Waals surface area contributed by atoms with E-state index in [1.165, 1.54) is 0 Å². The predicted molar refractivity (Wildman–Crippen MR) is 80.8 cm³/mol. The lowest BCUT2D eigenvalue weighted by Gasteiger charge is -2.35. The third-order valence-electron chi connectivity index (χ3n) is 3.76. The van der Waals surface area contributed by atoms with Crippen molar-refractivity contribution in [3.8, 4) is 0 Å². The number of hydrogen-bond acceptors (Lipinski definition) is 4. The van der Waals surface area contributed by atoms with E-state index in [1.54, 1.807) is 6.20 Å². The van der Waals surface area contributed by atoms with Crippen molar-refractivity contribution in [3.63, 3.8) is 0 Å². The standard InChI is InChI=1S/C15H26N4O2/c1-10(2)21-9-11(3)17-12-5-6-14(20)18-15(12)13-7-8-16-19(13)4/h7-8,10-12,15,17H,5-6,9H2,1-4H3,(H,18,20)/t11-,12-,15-/m1/s1. The minimum absolute atomic E-state index is 0.0414. The molecule has 0 aromatic carbocycles. The van der Waals surface area contributed by atoms with Crippen LogP contribution in [0.3, 0.4) is 0 Å². The molecule has 0 bridgehead atoms. The van der Waals surface area contributed by atoms with E-state index in [4.69, 9.17) is 4.74 Å². The molecule has 2 rings (SSSR count). The van der Waals surface area contributed by atoms with Crippen LogP contribution in [0.1, 0.15) is 45.3 Å². The highest BCUT2D eigenvalue weighted by Crippen LogP contribution is 2.24. The first-order chi connectivity index (χ1) is 9.97. The molecule has 6 heteroatoms. The van der Waals surface area contributed by atoms with Gasteiger partial charge in [-0.05, 0) is 33.3 Å². The second-order valence-corrected chi connectivity index (χ2v) is 6.02. The molecule has 1 aromatic rings. The molecular weight excluding hydrogens is 268 g/mol. The van der Waals surface area contributed by atoms with Gasteiger partial charge >= 0.3 is 0 Å². The van der Waals surface area contributed by atoms with Gasteiger partial charge < -0.3 is 15.4 Å². The van der Waals surface area contributed by atoms with Crippen LogP contribution in [0, 0.1) is 0 Å². The van der Waals surface area contributed by atoms with Crippen molar-refractivity contribution < 1.29 is 9.53 Å². The lowest BCUT2D eigenvalue weighted by atomic mass is 9.94. The number of nitrogens with one attached hydrogen (secondary N) is 2. The highest BCUT2D eigenvalue weighted by Gasteiger charge is 2.32. The summed E-state index contributed by atoms with van der Waals surface area (Å²) in [6.45, 7) is 6.84. The van der Waals surface area contributed by atoms with Crippen molar-refractivity contribution in [3.05, 3.63) is 18.0 Å². The molecular formula is C15H26N4O2. The van der Waals surface area contributed by atoms with Crippen LogP contribution >= 0.6 is 0 Å². The molecule has 0 unspecified atom stereocenters. The monoisotopic (exact) mass is 294 g/mol. The Kier molecular flexibility index (Phi) is 5.36. The summed E-state index contributed by atoms with van der Waals surface area (Å²) in [6, 6.07) is 2.35. The number of nitrogens with zero attached hydrogens (tertiary/aromatic N) is 2. The first-order valence-corrected chi connectivity index (χ1v) is 7.62. The van der Waals surface area contributed by atoms with Gasteiger partial charge in [0.2, 0.25) is 5.91 Å². The van der Waals surface area contributed by atoms with Crippen LogP contribution in [0.2, 0.25) is 0 Å². The van der Waals surface area contributed by atoms with E-state index in [9.17, 15) is 4.79 Å². The molecule has 1 amide bonds. The Morgan fingerprint density at radius 3 is 2.90 bits per heavy atom. The summed E-state index contributed by atoms with van der Waals surface area (Å²) >= 11 is 0. The lowest BCUT2D eigenvalue weighted by molar-refractivity contribution is -0.124. The Hall–Kier alpha value is -1.40. The second-order valence-electron chi connectivity index (χ2n) is 6.02. The van der Waals surface area contributed by atoms with Crippen LogP contribution in [0.15, 0.2) is 12.3 Å². The number of carbonyl (C=O) groups excluding carboxylic acids is 1. The molecule has 1 fully saturated rings. The fourth-order valence-electron chi connectivity index (χ4n) is 2.70. The molecule has 0 radical (unpaired) electrons. The fraction of sp³-hybridized carbons (Fsp3) is 0.733. The number of rotatable bonds is 6. The van der Waals surface area contributed by atoms with Crippen LogP contribution in [-0.2, 0) is 16.6 Å². The Balaban J connectivity index is 2.02. The quantitative estimate of drug-likeness (QED) is 0.825. The van der Waals surface area contributed by atoms with E-state index in [0.717, 1.165) is 12.1 Å². The number of ether oxygens (including phenoxy) is 1. The van der Waals surface area contributed by atoms with Gasteiger partial charge in [0, 0.05) is 31.7 Å². The molecule has 118 valence electrons. The Morgan fingerprint density at radius 1 is 1.52 bits per heavy atom. The molecule has 2 N–H and O–H groups in total. The van der Waals surface area contributed by atoms with Crippen LogP contribution < -0.4 is 10.6 Å². The normalized spacial score (nSPS) is 24.1. The summed E-state index contributed by atoms with van der Waals surface area (Å²) in [6.07, 6.45) is 3.38. The SMILES string of the molecule is CC(C)OC[C@@H](C)N[C@@H]1CCC(=O)N[C@H]1c1ccnn1C. The minimum Gasteiger partial charge on any atom is -0.377 e. The van der Waals surface area contributed by atoms with Gasteiger partial charge in [0.25, 0.3) is 0 Å². The van der Waals surface area contributed by atoms with Crippen molar-refractivity contribution in [1.82, 2.24) is 20.4 Å². The molecule has 1 aromatic heterocycles. The molecule has 2 heterocycles. The van der Waals surface area contributed by atoms with Gasteiger partial charge in [-0.3, -0.25) is 9.48 Å². The van der Waals surface area contributed by atoms with Gasteiger partial charge in [-0.2, -0.15) is 5.10 Å². The first-order valence-electron chi connectivity index (χ1n) is 7.62. The van der Waals surface area contributed by atoms with Crippen molar-refractivity contribution in [2.45, 2.75) is 57.8 Å². The van der Waals surface area contributed by atoms with E-state index >= 15 is 0 Å². The zero-order valence-electron chi connectivity index (χ0n) is 13.3. The Morgan fingerprint density at radius 2 is 2.29 bits per heavy atom. The van der Waals surface area contributed by atoms with E-state index in [0.29, 0.717) is 13.0 Å². The van der Waals surface area contributed by atoms with Gasteiger partial charge in [-0.1, -0.05) is 0 Å². The van der Waals surface area contributed by atoms with Crippen molar-refractivity contribution in [2.75, 3.05) is 6.61 Å². The minimum atomic E-state index is -0.0414. The summed E-state index contributed by atoms with van der Waals surface area (Å²) in [5, 5.41) is 10.9. The fourth-order valence-corrected chi connectivity index (χ4v) is 2.70. The number of aryl methyl sites for hydroxylation is 1. The highest BCUT2D eigenvalue weighted by molar-refractivity contribution is 5.77. The van der Waals surface area contributed by atoms with Crippen molar-refractivity contribution in [1.29, 1.82) is 0 Å². The lowest BCUT2D eigenvalue weighted by Crippen LogP contribution is -2.52. The van der Waals surface area contributed by atoms with Gasteiger partial charge in [0.1, 0.15) is 0 Å². The zero-order chi connectivity index (χ0) is 15.4. The van der Waals surface area contributed by atoms with E-state index in [2.05, 4.69) is 22.7 Å². The molecule has 0 aliphatic carbocycles. The maximum atomic E-state index is 11.7. The maximum absolute atomic E-state index is 11.7. The molecule has 0 saturated carbocycles. The molecule has 0 spiro atoms. The summed E-state index contributed by atoms with van der Waals surface area (Å²) < 4.78 is 7.47. The van der Waals surface area contributed by atoms with Crippen molar-refractivity contribution in [2.24, 2.45) is 7.05 Å². The first kappa shape index (κ1) is 16.0. The number of amides is 1. The molecule has 6 nitrogen and oxygen atoms in total. The van der Waals surface area contributed by atoms with Crippen LogP contribution in [0.4, 0.5) is 0 Å². The number of aromatic nitrogens is 2. The Bertz CT molecular complexity index is 472. The molecule has 21 heavy (non-hydrogen) atoms. The summed E-state index contributed by atoms with van der Waals surface area (Å²) in [5.41, 5.74) is 1.03. The summed E-state index contributed by atoms with van der Waals surface area (Å²) in [7, 11) is 1.90. The van der Waals surface area contributed by atoms with Crippen molar-refractivity contribution >= 4 is 5.91 Å². The van der Waals surface area contributed by atoms with Crippen LogP contribution in [0.5, 0.6) is 0 Å². The van der Waals surface area contributed by atoms with Gasteiger partial charge in [0.05, 0.1) is 24.4 Å². The van der Waals surface area contributed by atoms with Gasteiger partial charge in [-0.15, -0.1) is 0 Å². The zero-order valence-corrected chi connectivity index (χ0v) is 13.3. The van der Waals surface area contributed by atoms with Gasteiger partial charge in [-0.25, -0.2) is 0 Å². The maximum Gasteiger partial charge on any atom is 0.220 e. The Labute approximate surface area is 126 Å². The smallest absolute Gasteiger partial charge is 0.220 e. The third-order valence-corrected chi connectivity index (χ3v) is 3.76. The average molecular weight is 294 g/mol. The summed E-state index contributed by atoms with van der Waals surface area (Å²) in [5.74, 6) is 0.102. The second kappa shape index (κ2) is 7.04. The molecule has 1 aliphatic heterocycles. The molecule has 1 saturated heterocycles. The van der Waals surface area contributed by atoms with Gasteiger partial charge in [0.15, 0.2) is 0 Å². The summed E-state index contributed by atoms with van der Waals surface area (Å²) in [4.78, 5) is 11.7. The predicted octanol–water partition coefficient (Wildman–Crippen LogP) is 1.14. The average Bonchev–Trinajstić information content (AvgIpc) is 2.84. The number of carbonyl (C=O) groups is 1. The highest BCUT2D eigenvalue weighted by atomic mass is 16.5. The number of piperidine rings is 1.